The first-order valence-electron chi connectivity index (χ1n) is 9.08. The largest absolute Gasteiger partial charge is 0.464 e. The van der Waals surface area contributed by atoms with Gasteiger partial charge in [0.1, 0.15) is 6.04 Å². The van der Waals surface area contributed by atoms with E-state index in [1.807, 2.05) is 0 Å². The predicted octanol–water partition coefficient (Wildman–Crippen LogP) is 2.91. The van der Waals surface area contributed by atoms with Gasteiger partial charge < -0.3 is 10.5 Å². The zero-order chi connectivity index (χ0) is 18.2. The maximum absolute atomic E-state index is 11.0. The van der Waals surface area contributed by atoms with Gasteiger partial charge in [-0.1, -0.05) is 26.2 Å². The smallest absolute Gasteiger partial charge is 0.322 e. The lowest BCUT2D eigenvalue weighted by Crippen LogP contribution is -2.30. The Balaban J connectivity index is 0.000000243. The van der Waals surface area contributed by atoms with Crippen LogP contribution in [0.2, 0.25) is 0 Å². The summed E-state index contributed by atoms with van der Waals surface area (Å²) in [6, 6.07) is -0.483. The van der Waals surface area contributed by atoms with Gasteiger partial charge in [-0.25, -0.2) is 0 Å². The van der Waals surface area contributed by atoms with E-state index in [1.54, 1.807) is 6.92 Å². The van der Waals surface area contributed by atoms with Gasteiger partial charge in [0, 0.05) is 0 Å². The molecule has 2 rings (SSSR count). The highest BCUT2D eigenvalue weighted by molar-refractivity contribution is 7.86. The molecular formula is C17H33NO5S. The topological polar surface area (TPSA) is 107 Å². The molecule has 1 unspecified atom stereocenters. The van der Waals surface area contributed by atoms with Crippen molar-refractivity contribution in [2.75, 3.05) is 6.61 Å². The maximum Gasteiger partial charge on any atom is 0.322 e. The fourth-order valence-corrected chi connectivity index (χ4v) is 4.08. The van der Waals surface area contributed by atoms with E-state index < -0.39 is 21.4 Å². The molecule has 6 nitrogen and oxygen atoms in total. The first kappa shape index (κ1) is 21.4. The van der Waals surface area contributed by atoms with E-state index in [4.69, 9.17) is 15.0 Å². The molecule has 2 aliphatic rings. The quantitative estimate of drug-likeness (QED) is 0.587. The van der Waals surface area contributed by atoms with Crippen molar-refractivity contribution in [3.05, 3.63) is 0 Å². The Morgan fingerprint density at radius 3 is 2.12 bits per heavy atom. The number of hydrogen-bond acceptors (Lipinski definition) is 5. The normalized spacial score (nSPS) is 26.8. The number of carbonyl (C=O) groups excluding carboxylic acids is 1. The monoisotopic (exact) mass is 363 g/mol. The van der Waals surface area contributed by atoms with Crippen LogP contribution in [0.15, 0.2) is 0 Å². The van der Waals surface area contributed by atoms with Gasteiger partial charge in [-0.2, -0.15) is 8.42 Å². The lowest BCUT2D eigenvalue weighted by Gasteiger charge is -2.23. The average Bonchev–Trinajstić information content (AvgIpc) is 2.53. The Morgan fingerprint density at radius 2 is 1.67 bits per heavy atom. The predicted molar refractivity (Wildman–Crippen MR) is 94.2 cm³/mol. The molecular weight excluding hydrogens is 330 g/mol. The van der Waals surface area contributed by atoms with Gasteiger partial charge in [0.05, 0.1) is 11.9 Å². The van der Waals surface area contributed by atoms with Gasteiger partial charge in [0.2, 0.25) is 0 Å². The van der Waals surface area contributed by atoms with Crippen molar-refractivity contribution in [3.63, 3.8) is 0 Å². The summed E-state index contributed by atoms with van der Waals surface area (Å²) in [7, 11) is -3.75. The summed E-state index contributed by atoms with van der Waals surface area (Å²) in [5, 5.41) is -0.487. The van der Waals surface area contributed by atoms with E-state index in [-0.39, 0.29) is 5.97 Å². The highest BCUT2D eigenvalue weighted by atomic mass is 32.2. The molecule has 0 aromatic carbocycles. The van der Waals surface area contributed by atoms with Crippen molar-refractivity contribution >= 4 is 16.1 Å². The highest BCUT2D eigenvalue weighted by Crippen LogP contribution is 2.27. The second-order valence-corrected chi connectivity index (χ2v) is 9.02. The number of esters is 1. The molecule has 2 saturated carbocycles. The standard InChI is InChI=1S/C10H19NO2.C7H14O3S/c1-8(11)10(12)13-7-9-5-3-2-4-6-9;1-6-2-4-7(5-3-6)11(8,9)10/h8-9H,2-7,11H2,1H3;6-7H,2-5H2,1H3,(H,8,9,10). The molecule has 0 aromatic rings. The van der Waals surface area contributed by atoms with Crippen LogP contribution >= 0.6 is 0 Å². The first-order valence-corrected chi connectivity index (χ1v) is 10.6. The SMILES string of the molecule is CC(N)C(=O)OCC1CCCCC1.CC1CCC(S(=O)(=O)O)CC1. The van der Waals surface area contributed by atoms with E-state index in [2.05, 4.69) is 6.92 Å². The number of ether oxygens (including phenoxy) is 1. The molecule has 24 heavy (non-hydrogen) atoms. The van der Waals surface area contributed by atoms with Gasteiger partial charge >= 0.3 is 5.97 Å². The minimum absolute atomic E-state index is 0.273. The van der Waals surface area contributed by atoms with Gasteiger partial charge in [-0.05, 0) is 57.3 Å². The van der Waals surface area contributed by atoms with Crippen LogP contribution in [-0.2, 0) is 19.6 Å². The summed E-state index contributed by atoms with van der Waals surface area (Å²) in [6.45, 7) is 4.34. The molecule has 0 bridgehead atoms. The molecule has 0 aliphatic heterocycles. The Kier molecular flexibility index (Phi) is 9.23. The fraction of sp³-hybridized carbons (Fsp3) is 0.941. The molecule has 2 aliphatic carbocycles. The summed E-state index contributed by atoms with van der Waals surface area (Å²) < 4.78 is 35.1. The number of rotatable bonds is 4. The summed E-state index contributed by atoms with van der Waals surface area (Å²) in [6.07, 6.45) is 9.38. The lowest BCUT2D eigenvalue weighted by molar-refractivity contribution is -0.146. The van der Waals surface area contributed by atoms with Gasteiger partial charge in [-0.3, -0.25) is 9.35 Å². The molecule has 3 N–H and O–H groups in total. The van der Waals surface area contributed by atoms with Crippen LogP contribution in [0, 0.1) is 11.8 Å². The third kappa shape index (κ3) is 8.44. The van der Waals surface area contributed by atoms with Gasteiger partial charge in [-0.15, -0.1) is 0 Å². The molecule has 0 heterocycles. The van der Waals surface area contributed by atoms with E-state index in [0.29, 0.717) is 31.3 Å². The third-order valence-corrected chi connectivity index (χ3v) is 6.26. The summed E-state index contributed by atoms with van der Waals surface area (Å²) in [5.74, 6) is 0.926. The van der Waals surface area contributed by atoms with Crippen LogP contribution in [0.1, 0.15) is 71.6 Å². The van der Waals surface area contributed by atoms with Crippen molar-refractivity contribution in [2.24, 2.45) is 17.6 Å². The van der Waals surface area contributed by atoms with Crippen molar-refractivity contribution < 1.29 is 22.5 Å². The van der Waals surface area contributed by atoms with Crippen LogP contribution in [0.5, 0.6) is 0 Å². The molecule has 0 saturated heterocycles. The zero-order valence-corrected chi connectivity index (χ0v) is 15.8. The molecule has 2 fully saturated rings. The average molecular weight is 364 g/mol. The molecule has 0 amide bonds. The Labute approximate surface area is 146 Å². The number of nitrogens with two attached hydrogens (primary N) is 1. The first-order chi connectivity index (χ1) is 11.2. The van der Waals surface area contributed by atoms with E-state index in [1.165, 1.54) is 32.1 Å². The third-order valence-electron chi connectivity index (χ3n) is 4.94. The molecule has 0 spiro atoms. The Bertz CT molecular complexity index is 463. The zero-order valence-electron chi connectivity index (χ0n) is 14.9. The minimum Gasteiger partial charge on any atom is -0.464 e. The van der Waals surface area contributed by atoms with Crippen LogP contribution < -0.4 is 5.73 Å². The van der Waals surface area contributed by atoms with Crippen molar-refractivity contribution in [2.45, 2.75) is 82.9 Å². The van der Waals surface area contributed by atoms with Crippen LogP contribution in [0.4, 0.5) is 0 Å². The maximum atomic E-state index is 11.0. The molecule has 142 valence electrons. The van der Waals surface area contributed by atoms with E-state index >= 15 is 0 Å². The van der Waals surface area contributed by atoms with Crippen LogP contribution in [-0.4, -0.2) is 36.8 Å². The second kappa shape index (κ2) is 10.4. The minimum atomic E-state index is -3.75. The Hall–Kier alpha value is -0.660. The summed E-state index contributed by atoms with van der Waals surface area (Å²) in [4.78, 5) is 11.0. The molecule has 7 heteroatoms. The van der Waals surface area contributed by atoms with Gasteiger partial charge in [0.25, 0.3) is 10.1 Å². The summed E-state index contributed by atoms with van der Waals surface area (Å²) in [5.41, 5.74) is 5.38. The van der Waals surface area contributed by atoms with E-state index in [0.717, 1.165) is 12.8 Å². The Morgan fingerprint density at radius 1 is 1.12 bits per heavy atom. The molecule has 0 aromatic heterocycles. The second-order valence-electron chi connectivity index (χ2n) is 7.32. The van der Waals surface area contributed by atoms with Crippen molar-refractivity contribution in [1.29, 1.82) is 0 Å². The fourth-order valence-electron chi connectivity index (χ4n) is 3.21. The summed E-state index contributed by atoms with van der Waals surface area (Å²) >= 11 is 0. The molecule has 1 atom stereocenters. The van der Waals surface area contributed by atoms with Crippen LogP contribution in [0.25, 0.3) is 0 Å². The lowest BCUT2D eigenvalue weighted by atomic mass is 9.90. The highest BCUT2D eigenvalue weighted by Gasteiger charge is 2.27. The van der Waals surface area contributed by atoms with Crippen LogP contribution in [0.3, 0.4) is 0 Å². The number of hydrogen-bond donors (Lipinski definition) is 2. The van der Waals surface area contributed by atoms with Gasteiger partial charge in [0.15, 0.2) is 0 Å². The van der Waals surface area contributed by atoms with Crippen molar-refractivity contribution in [1.82, 2.24) is 0 Å². The number of carbonyl (C=O) groups is 1. The van der Waals surface area contributed by atoms with E-state index in [9.17, 15) is 13.2 Å². The molecule has 0 radical (unpaired) electrons. The van der Waals surface area contributed by atoms with Crippen molar-refractivity contribution in [3.8, 4) is 0 Å².